The lowest BCUT2D eigenvalue weighted by Gasteiger charge is -2.41. The standard InChI is InChI=1S/C41H64N4O7/c1-4-43-34-22-29-11-6-5-10-28(29)21-33(34)35(14-9-19-46)51-39(50)41-38(49)32-13-8-7-12-31(32)37(48)40(41,52-41)23-30(24-47)26(2)15-16-27-17-18-44-36(20-27)45-25-42-3/h6,11,22,27-28,31-36,42-47H,4-5,7-10,12-21,23-25H2,1-3H3. The minimum Gasteiger partial charge on any atom is -0.459 e. The van der Waals surface area contributed by atoms with Crippen LogP contribution in [0.3, 0.4) is 0 Å². The molecule has 10 unspecified atom stereocenters. The number of hydrogen-bond donors (Lipinski definition) is 6. The lowest BCUT2D eigenvalue weighted by atomic mass is 9.60. The van der Waals surface area contributed by atoms with Gasteiger partial charge in [0.05, 0.1) is 12.8 Å². The molecule has 6 aliphatic rings. The van der Waals surface area contributed by atoms with Crippen molar-refractivity contribution in [2.45, 2.75) is 133 Å². The van der Waals surface area contributed by atoms with Crippen LogP contribution in [0, 0.1) is 29.6 Å². The van der Waals surface area contributed by atoms with Crippen molar-refractivity contribution in [3.8, 4) is 0 Å². The van der Waals surface area contributed by atoms with E-state index in [-0.39, 0.29) is 49.3 Å². The molecule has 52 heavy (non-hydrogen) atoms. The van der Waals surface area contributed by atoms with Gasteiger partial charge in [0, 0.05) is 43.5 Å². The van der Waals surface area contributed by atoms with Crippen LogP contribution in [-0.2, 0) is 23.9 Å². The Morgan fingerprint density at radius 2 is 1.88 bits per heavy atom. The van der Waals surface area contributed by atoms with Gasteiger partial charge in [0.15, 0.2) is 17.2 Å². The van der Waals surface area contributed by atoms with Crippen molar-refractivity contribution in [3.05, 3.63) is 34.9 Å². The van der Waals surface area contributed by atoms with Gasteiger partial charge in [-0.2, -0.15) is 0 Å². The Morgan fingerprint density at radius 1 is 1.10 bits per heavy atom. The monoisotopic (exact) mass is 724 g/mol. The largest absolute Gasteiger partial charge is 0.459 e. The first kappa shape index (κ1) is 39.4. The molecule has 6 N–H and O–H groups in total. The van der Waals surface area contributed by atoms with Crippen molar-refractivity contribution in [1.82, 2.24) is 21.3 Å². The Hall–Kier alpha value is -2.25. The molecule has 290 valence electrons. The molecule has 2 heterocycles. The molecule has 11 nitrogen and oxygen atoms in total. The molecule has 2 saturated carbocycles. The Labute approximate surface area is 310 Å². The molecule has 10 atom stereocenters. The van der Waals surface area contributed by atoms with E-state index in [2.05, 4.69) is 46.4 Å². The smallest absolute Gasteiger partial charge is 0.350 e. The second-order valence-electron chi connectivity index (χ2n) is 16.4. The highest BCUT2D eigenvalue weighted by Crippen LogP contribution is 2.62. The maximum absolute atomic E-state index is 14.7. The molecule has 11 heteroatoms. The maximum atomic E-state index is 14.7. The van der Waals surface area contributed by atoms with Crippen LogP contribution in [0.15, 0.2) is 34.9 Å². The van der Waals surface area contributed by atoms with Crippen molar-refractivity contribution in [2.75, 3.05) is 40.0 Å². The average molecular weight is 725 g/mol. The number of allylic oxidation sites excluding steroid dienone is 4. The van der Waals surface area contributed by atoms with E-state index in [1.807, 2.05) is 14.0 Å². The Morgan fingerprint density at radius 3 is 2.62 bits per heavy atom. The fraction of sp³-hybridized carbons (Fsp3) is 0.780. The normalized spacial score (nSPS) is 36.6. The summed E-state index contributed by atoms with van der Waals surface area (Å²) < 4.78 is 12.9. The molecule has 4 fully saturated rings. The molecule has 0 radical (unpaired) electrons. The van der Waals surface area contributed by atoms with Gasteiger partial charge in [-0.3, -0.25) is 14.9 Å². The topological polar surface area (TPSA) is 162 Å². The number of aliphatic hydroxyl groups excluding tert-OH is 2. The lowest BCUT2D eigenvalue weighted by Crippen LogP contribution is -2.59. The minimum absolute atomic E-state index is 0.0159. The van der Waals surface area contributed by atoms with E-state index in [4.69, 9.17) is 9.47 Å². The number of likely N-dealkylation sites (N-methyl/N-ethyl adjacent to an activating group) is 1. The van der Waals surface area contributed by atoms with E-state index in [0.717, 1.165) is 83.1 Å². The Kier molecular flexibility index (Phi) is 13.3. The molecule has 4 aliphatic carbocycles. The third kappa shape index (κ3) is 7.79. The lowest BCUT2D eigenvalue weighted by molar-refractivity contribution is -0.166. The summed E-state index contributed by atoms with van der Waals surface area (Å²) in [5.74, 6) is -1.50. The van der Waals surface area contributed by atoms with Crippen LogP contribution in [0.4, 0.5) is 0 Å². The molecule has 2 aliphatic heterocycles. The van der Waals surface area contributed by atoms with Crippen LogP contribution >= 0.6 is 0 Å². The van der Waals surface area contributed by atoms with Gasteiger partial charge in [0.25, 0.3) is 5.60 Å². The van der Waals surface area contributed by atoms with Gasteiger partial charge in [-0.1, -0.05) is 43.6 Å². The fourth-order valence-corrected chi connectivity index (χ4v) is 10.2. The van der Waals surface area contributed by atoms with Gasteiger partial charge in [0.2, 0.25) is 0 Å². The van der Waals surface area contributed by atoms with Gasteiger partial charge in [-0.15, -0.1) is 0 Å². The Bertz CT molecular complexity index is 1400. The molecule has 2 saturated heterocycles. The number of ketones is 2. The average Bonchev–Trinajstić information content (AvgIpc) is 3.87. The second kappa shape index (κ2) is 17.5. The van der Waals surface area contributed by atoms with Crippen LogP contribution < -0.4 is 21.3 Å². The molecule has 0 bridgehead atoms. The van der Waals surface area contributed by atoms with Crippen LogP contribution in [0.2, 0.25) is 0 Å². The number of hydrogen-bond acceptors (Lipinski definition) is 11. The maximum Gasteiger partial charge on any atom is 0.350 e. The highest BCUT2D eigenvalue weighted by Gasteiger charge is 2.87. The number of fused-ring (bicyclic) bond motifs is 3. The predicted octanol–water partition coefficient (Wildman–Crippen LogP) is 3.60. The SMILES string of the molecule is CCNC1C=C2C=CCCC2CC1C(CCCO)OC(=O)C12OC1(CC(CO)=C(C)CCC1CCNC(NCNC)C1)C(=O)C1CCCCC1C2=O. The van der Waals surface area contributed by atoms with Gasteiger partial charge >= 0.3 is 5.97 Å². The minimum atomic E-state index is -2.00. The van der Waals surface area contributed by atoms with Crippen molar-refractivity contribution in [3.63, 3.8) is 0 Å². The number of piperidine rings is 1. The molecule has 0 aromatic rings. The molecule has 0 aromatic heterocycles. The number of epoxide rings is 1. The number of Topliss-reactive ketones (excluding diaryl/α,β-unsaturated/α-hetero) is 2. The number of ether oxygens (including phenoxy) is 2. The first-order valence-electron chi connectivity index (χ1n) is 20.3. The zero-order valence-electron chi connectivity index (χ0n) is 31.7. The van der Waals surface area contributed by atoms with E-state index < -0.39 is 35.1 Å². The van der Waals surface area contributed by atoms with Crippen molar-refractivity contribution >= 4 is 17.5 Å². The highest BCUT2D eigenvalue weighted by atomic mass is 16.7. The molecule has 6 rings (SSSR count). The van der Waals surface area contributed by atoms with Crippen LogP contribution in [0.5, 0.6) is 0 Å². The number of nitrogens with one attached hydrogen (secondary N) is 4. The van der Waals surface area contributed by atoms with Crippen molar-refractivity contribution < 1.29 is 34.1 Å². The van der Waals surface area contributed by atoms with Gasteiger partial charge in [-0.25, -0.2) is 4.79 Å². The summed E-state index contributed by atoms with van der Waals surface area (Å²) in [4.78, 5) is 43.9. The summed E-state index contributed by atoms with van der Waals surface area (Å²) in [7, 11) is 1.92. The quantitative estimate of drug-likeness (QED) is 0.0428. The van der Waals surface area contributed by atoms with Crippen molar-refractivity contribution in [2.24, 2.45) is 29.6 Å². The first-order valence-corrected chi connectivity index (χ1v) is 20.3. The number of esters is 1. The first-order chi connectivity index (χ1) is 25.2. The summed E-state index contributed by atoms with van der Waals surface area (Å²) >= 11 is 0. The number of carbonyl (C=O) groups is 3. The third-order valence-corrected chi connectivity index (χ3v) is 13.2. The number of carbonyl (C=O) groups excluding carboxylic acids is 3. The predicted molar refractivity (Wildman–Crippen MR) is 199 cm³/mol. The molecular weight excluding hydrogens is 660 g/mol. The van der Waals surface area contributed by atoms with Gasteiger partial charge in [0.1, 0.15) is 6.10 Å². The van der Waals surface area contributed by atoms with Gasteiger partial charge < -0.3 is 35.6 Å². The van der Waals surface area contributed by atoms with Crippen LogP contribution in [-0.4, -0.2) is 97.3 Å². The zero-order valence-corrected chi connectivity index (χ0v) is 31.7. The summed E-state index contributed by atoms with van der Waals surface area (Å²) in [6.07, 6.45) is 16.8. The van der Waals surface area contributed by atoms with Gasteiger partial charge in [-0.05, 0) is 121 Å². The van der Waals surface area contributed by atoms with E-state index >= 15 is 0 Å². The molecule has 0 spiro atoms. The summed E-state index contributed by atoms with van der Waals surface area (Å²) in [6, 6.07) is -0.0369. The highest BCUT2D eigenvalue weighted by molar-refractivity contribution is 6.23. The number of rotatable bonds is 17. The second-order valence-corrected chi connectivity index (χ2v) is 16.4. The van der Waals surface area contributed by atoms with Crippen molar-refractivity contribution in [1.29, 1.82) is 0 Å². The van der Waals surface area contributed by atoms with E-state index in [1.54, 1.807) is 0 Å². The molecule has 0 aromatic carbocycles. The molecular formula is C41H64N4O7. The fourth-order valence-electron chi connectivity index (χ4n) is 10.2. The molecule has 0 amide bonds. The van der Waals surface area contributed by atoms with E-state index in [1.165, 1.54) is 5.57 Å². The van der Waals surface area contributed by atoms with Crippen LogP contribution in [0.1, 0.15) is 104 Å². The third-order valence-electron chi connectivity index (χ3n) is 13.2. The van der Waals surface area contributed by atoms with E-state index in [0.29, 0.717) is 43.1 Å². The van der Waals surface area contributed by atoms with E-state index in [9.17, 15) is 24.6 Å². The summed E-state index contributed by atoms with van der Waals surface area (Å²) in [5, 5.41) is 34.3. The summed E-state index contributed by atoms with van der Waals surface area (Å²) in [5.41, 5.74) is -0.697. The summed E-state index contributed by atoms with van der Waals surface area (Å²) in [6.45, 7) is 6.16. The number of aliphatic hydroxyl groups is 2. The zero-order chi connectivity index (χ0) is 36.9. The Balaban J connectivity index is 1.25. The van der Waals surface area contributed by atoms with Crippen LogP contribution in [0.25, 0.3) is 0 Å².